The van der Waals surface area contributed by atoms with Crippen molar-refractivity contribution in [1.82, 2.24) is 0 Å². The van der Waals surface area contributed by atoms with E-state index in [1.54, 1.807) is 0 Å². The van der Waals surface area contributed by atoms with Crippen LogP contribution in [0.3, 0.4) is 0 Å². The van der Waals surface area contributed by atoms with Gasteiger partial charge in [-0.1, -0.05) is 40.0 Å². The maximum absolute atomic E-state index is 9.30. The van der Waals surface area contributed by atoms with E-state index < -0.39 is 0 Å². The largest absolute Gasteiger partial charge is 3.00 e. The fourth-order valence-electron chi connectivity index (χ4n) is 0. The van der Waals surface area contributed by atoms with Gasteiger partial charge in [-0.2, -0.15) is 0 Å². The Bertz CT molecular complexity index is 30.3. The van der Waals surface area contributed by atoms with Crippen molar-refractivity contribution in [2.24, 2.45) is 0 Å². The smallest absolute Gasteiger partial charge is 0.854 e. The van der Waals surface area contributed by atoms with Gasteiger partial charge >= 0.3 is 26.2 Å². The van der Waals surface area contributed by atoms with Crippen LogP contribution in [0.5, 0.6) is 0 Å². The van der Waals surface area contributed by atoms with E-state index in [2.05, 4.69) is 0 Å². The molecule has 0 aliphatic rings. The summed E-state index contributed by atoms with van der Waals surface area (Å²) in [6.07, 6.45) is 2.29. The molecule has 0 aliphatic heterocycles. The topological polar surface area (TPSA) is 69.2 Å². The van der Waals surface area contributed by atoms with Crippen molar-refractivity contribution in [1.29, 1.82) is 0 Å². The van der Waals surface area contributed by atoms with Gasteiger partial charge in [0.2, 0.25) is 0 Å². The molecule has 0 spiro atoms. The molecule has 0 heterocycles. The van der Waals surface area contributed by atoms with Gasteiger partial charge in [-0.3, -0.25) is 0 Å². The minimum atomic E-state index is 0. The fourth-order valence-corrected chi connectivity index (χ4v) is 0. The average molecular weight is 268 g/mol. The van der Waals surface area contributed by atoms with Crippen molar-refractivity contribution in [2.75, 3.05) is 19.8 Å². The third-order valence-electron chi connectivity index (χ3n) is 0.612. The molecule has 0 aliphatic carbocycles. The Morgan fingerprint density at radius 1 is 0.615 bits per heavy atom. The van der Waals surface area contributed by atoms with Gasteiger partial charge < -0.3 is 15.3 Å². The van der Waals surface area contributed by atoms with Crippen molar-refractivity contribution < 1.29 is 41.5 Å². The third kappa shape index (κ3) is 104. The first-order chi connectivity index (χ1) is 5.74. The average Bonchev–Trinajstić information content (AvgIpc) is 2.18. The van der Waals surface area contributed by atoms with Gasteiger partial charge in [-0.15, -0.1) is 19.8 Å². The first-order valence-corrected chi connectivity index (χ1v) is 4.49. The van der Waals surface area contributed by atoms with E-state index in [-0.39, 0.29) is 46.0 Å². The van der Waals surface area contributed by atoms with E-state index in [1.165, 1.54) is 0 Å². The molecule has 13 heavy (non-hydrogen) atoms. The molecule has 0 N–H and O–H groups in total. The van der Waals surface area contributed by atoms with E-state index >= 15 is 0 Å². The number of hydrogen-bond acceptors (Lipinski definition) is 3. The molecule has 79 valence electrons. The predicted molar refractivity (Wildman–Crippen MR) is 45.5 cm³/mol. The second kappa shape index (κ2) is 38.6. The Kier molecular flexibility index (Phi) is 69.9. The molecule has 4 heteroatoms. The van der Waals surface area contributed by atoms with E-state index in [1.807, 2.05) is 20.8 Å². The SMILES string of the molecule is CCC[O-].CCC[O-].CCC[O-].[Zr+3]. The standard InChI is InChI=1S/3C3H7O.Zr/c3*1-2-3-4;/h3*2-3H2,1H3;/q3*-1;+3. The predicted octanol–water partition coefficient (Wildman–Crippen LogP) is -0.732. The zero-order valence-corrected chi connectivity index (χ0v) is 11.4. The second-order valence-electron chi connectivity index (χ2n) is 2.11. The maximum Gasteiger partial charge on any atom is 3.00 e. The van der Waals surface area contributed by atoms with Gasteiger partial charge in [0.05, 0.1) is 0 Å². The minimum absolute atomic E-state index is 0. The molecule has 0 unspecified atom stereocenters. The van der Waals surface area contributed by atoms with E-state index in [9.17, 15) is 15.3 Å². The number of hydrogen-bond donors (Lipinski definition) is 0. The normalized spacial score (nSPS) is 6.92. The van der Waals surface area contributed by atoms with E-state index in [4.69, 9.17) is 0 Å². The molecule has 0 rings (SSSR count). The summed E-state index contributed by atoms with van der Waals surface area (Å²) in [6.45, 7) is 5.81. The molecular formula is C9H21O3Zr. The zero-order chi connectivity index (χ0) is 10.2. The van der Waals surface area contributed by atoms with Crippen LogP contribution in [0.2, 0.25) is 0 Å². The van der Waals surface area contributed by atoms with Crippen LogP contribution in [0.1, 0.15) is 40.0 Å². The molecule has 0 atom stereocenters. The second-order valence-corrected chi connectivity index (χ2v) is 2.11. The molecule has 0 aromatic carbocycles. The summed E-state index contributed by atoms with van der Waals surface area (Å²) in [5.74, 6) is 0. The van der Waals surface area contributed by atoms with Crippen molar-refractivity contribution >= 4 is 0 Å². The van der Waals surface area contributed by atoms with Gasteiger partial charge in [0.1, 0.15) is 0 Å². The van der Waals surface area contributed by atoms with Gasteiger partial charge in [0.15, 0.2) is 0 Å². The van der Waals surface area contributed by atoms with Crippen molar-refractivity contribution in [3.63, 3.8) is 0 Å². The Morgan fingerprint density at radius 2 is 0.692 bits per heavy atom. The van der Waals surface area contributed by atoms with Crippen molar-refractivity contribution in [3.8, 4) is 0 Å². The Hall–Kier alpha value is 0.763. The Balaban J connectivity index is -0.0000000450. The van der Waals surface area contributed by atoms with Crippen LogP contribution < -0.4 is 15.3 Å². The van der Waals surface area contributed by atoms with Gasteiger partial charge in [-0.25, -0.2) is 0 Å². The number of rotatable bonds is 3. The first kappa shape index (κ1) is 23.5. The Morgan fingerprint density at radius 3 is 0.692 bits per heavy atom. The summed E-state index contributed by atoms with van der Waals surface area (Å²) < 4.78 is 0. The molecule has 0 fully saturated rings. The molecular weight excluding hydrogens is 247 g/mol. The van der Waals surface area contributed by atoms with Crippen LogP contribution in [-0.4, -0.2) is 19.8 Å². The molecule has 0 saturated carbocycles. The molecule has 0 aromatic rings. The van der Waals surface area contributed by atoms with Crippen LogP contribution in [0.15, 0.2) is 0 Å². The summed E-state index contributed by atoms with van der Waals surface area (Å²) in [5.41, 5.74) is 0. The summed E-state index contributed by atoms with van der Waals surface area (Å²) in [7, 11) is 0. The van der Waals surface area contributed by atoms with Gasteiger partial charge in [0, 0.05) is 0 Å². The summed E-state index contributed by atoms with van der Waals surface area (Å²) in [5, 5.41) is 27.9. The minimum Gasteiger partial charge on any atom is -0.854 e. The van der Waals surface area contributed by atoms with E-state index in [0.29, 0.717) is 0 Å². The Labute approximate surface area is 101 Å². The van der Waals surface area contributed by atoms with Crippen LogP contribution in [0.4, 0.5) is 0 Å². The van der Waals surface area contributed by atoms with Crippen LogP contribution in [0, 0.1) is 0 Å². The molecule has 0 aromatic heterocycles. The summed E-state index contributed by atoms with van der Waals surface area (Å²) in [6, 6.07) is 0. The summed E-state index contributed by atoms with van der Waals surface area (Å²) in [4.78, 5) is 0. The summed E-state index contributed by atoms with van der Waals surface area (Å²) >= 11 is 0. The molecule has 0 saturated heterocycles. The monoisotopic (exact) mass is 267 g/mol. The van der Waals surface area contributed by atoms with Gasteiger partial charge in [-0.05, 0) is 0 Å². The molecule has 3 nitrogen and oxygen atoms in total. The van der Waals surface area contributed by atoms with Crippen LogP contribution in [-0.2, 0) is 26.2 Å². The van der Waals surface area contributed by atoms with E-state index in [0.717, 1.165) is 19.3 Å². The van der Waals surface area contributed by atoms with Crippen LogP contribution in [0.25, 0.3) is 0 Å². The zero-order valence-electron chi connectivity index (χ0n) is 8.97. The van der Waals surface area contributed by atoms with Crippen LogP contribution >= 0.6 is 0 Å². The fraction of sp³-hybridized carbons (Fsp3) is 1.00. The van der Waals surface area contributed by atoms with Crippen molar-refractivity contribution in [3.05, 3.63) is 0 Å². The van der Waals surface area contributed by atoms with Gasteiger partial charge in [0.25, 0.3) is 0 Å². The molecule has 1 radical (unpaired) electrons. The first-order valence-electron chi connectivity index (χ1n) is 4.49. The molecule has 0 amide bonds. The third-order valence-corrected chi connectivity index (χ3v) is 0.612. The van der Waals surface area contributed by atoms with Crippen molar-refractivity contribution in [2.45, 2.75) is 40.0 Å². The molecule has 0 bridgehead atoms. The quantitative estimate of drug-likeness (QED) is 0.677. The maximum atomic E-state index is 9.30.